The van der Waals surface area contributed by atoms with Crippen LogP contribution in [-0.4, -0.2) is 14.2 Å². The second kappa shape index (κ2) is 6.22. The molecular weight excluding hydrogens is 330 g/mol. The molecule has 0 fully saturated rings. The first-order valence-corrected chi connectivity index (χ1v) is 6.80. The molecule has 20 heavy (non-hydrogen) atoms. The second-order valence-corrected chi connectivity index (χ2v) is 5.02. The van der Waals surface area contributed by atoms with Crippen LogP contribution >= 0.6 is 15.9 Å². The van der Waals surface area contributed by atoms with Gasteiger partial charge in [-0.15, -0.1) is 0 Å². The number of rotatable bonds is 4. The van der Waals surface area contributed by atoms with Gasteiger partial charge in [0, 0.05) is 23.3 Å². The molecule has 1 atom stereocenters. The smallest absolute Gasteiger partial charge is 0.134 e. The van der Waals surface area contributed by atoms with Crippen LogP contribution in [0.15, 0.2) is 36.4 Å². The lowest BCUT2D eigenvalue weighted by molar-refractivity contribution is 0.404. The van der Waals surface area contributed by atoms with Crippen LogP contribution in [-0.2, 0) is 0 Å². The van der Waals surface area contributed by atoms with Crippen LogP contribution in [0.2, 0.25) is 0 Å². The average molecular weight is 343 g/mol. The Balaban J connectivity index is 2.51. The molecule has 0 aliphatic carbocycles. The average Bonchev–Trinajstić information content (AvgIpc) is 2.46. The minimum Gasteiger partial charge on any atom is -0.497 e. The Kier molecular flexibility index (Phi) is 4.60. The third-order valence-electron chi connectivity index (χ3n) is 2.95. The lowest BCUT2D eigenvalue weighted by Gasteiger charge is -2.16. The van der Waals surface area contributed by atoms with Crippen LogP contribution in [0.25, 0.3) is 0 Å². The fourth-order valence-corrected chi connectivity index (χ4v) is 2.77. The van der Waals surface area contributed by atoms with Gasteiger partial charge in [0.2, 0.25) is 0 Å². The van der Waals surface area contributed by atoms with Gasteiger partial charge in [0.15, 0.2) is 0 Å². The monoisotopic (exact) mass is 342 g/mol. The summed E-state index contributed by atoms with van der Waals surface area (Å²) in [7, 11) is 2.87. The zero-order chi connectivity index (χ0) is 14.7. The number of halogens is 3. The van der Waals surface area contributed by atoms with Gasteiger partial charge < -0.3 is 9.47 Å². The summed E-state index contributed by atoms with van der Waals surface area (Å²) in [6.45, 7) is 0. The summed E-state index contributed by atoms with van der Waals surface area (Å²) < 4.78 is 38.2. The molecule has 0 radical (unpaired) electrons. The minimum absolute atomic E-state index is 0.0738. The van der Waals surface area contributed by atoms with Crippen molar-refractivity contribution in [2.75, 3.05) is 14.2 Å². The lowest BCUT2D eigenvalue weighted by atomic mass is 10.0. The lowest BCUT2D eigenvalue weighted by Crippen LogP contribution is -2.03. The number of hydrogen-bond acceptors (Lipinski definition) is 2. The van der Waals surface area contributed by atoms with Crippen molar-refractivity contribution in [1.29, 1.82) is 0 Å². The predicted octanol–water partition coefficient (Wildman–Crippen LogP) is 4.47. The van der Waals surface area contributed by atoms with E-state index in [4.69, 9.17) is 9.47 Å². The van der Waals surface area contributed by atoms with E-state index in [1.807, 2.05) is 0 Å². The third-order valence-corrected chi connectivity index (χ3v) is 3.90. The quantitative estimate of drug-likeness (QED) is 0.763. The predicted molar refractivity (Wildman–Crippen MR) is 76.7 cm³/mol. The molecule has 0 saturated carbocycles. The Morgan fingerprint density at radius 3 is 2.15 bits per heavy atom. The number of alkyl halides is 1. The zero-order valence-corrected chi connectivity index (χ0v) is 12.6. The van der Waals surface area contributed by atoms with Crippen molar-refractivity contribution in [2.45, 2.75) is 4.83 Å². The molecular formula is C15H13BrF2O2. The van der Waals surface area contributed by atoms with Gasteiger partial charge in [-0.1, -0.05) is 34.1 Å². The fraction of sp³-hybridized carbons (Fsp3) is 0.200. The zero-order valence-electron chi connectivity index (χ0n) is 11.0. The van der Waals surface area contributed by atoms with Gasteiger partial charge in [0.25, 0.3) is 0 Å². The van der Waals surface area contributed by atoms with Gasteiger partial charge in [-0.3, -0.25) is 0 Å². The van der Waals surface area contributed by atoms with Crippen LogP contribution in [0.1, 0.15) is 16.0 Å². The van der Waals surface area contributed by atoms with Gasteiger partial charge >= 0.3 is 0 Å². The molecule has 106 valence electrons. The fourth-order valence-electron chi connectivity index (χ4n) is 1.95. The van der Waals surface area contributed by atoms with Crippen LogP contribution in [0, 0.1) is 11.6 Å². The maximum Gasteiger partial charge on any atom is 0.134 e. The molecule has 0 bridgehead atoms. The third kappa shape index (κ3) is 2.77. The summed E-state index contributed by atoms with van der Waals surface area (Å²) in [5.74, 6) is -0.642. The summed E-state index contributed by atoms with van der Waals surface area (Å²) in [4.78, 5) is -0.649. The number of methoxy groups -OCH3 is 2. The van der Waals surface area contributed by atoms with Crippen LogP contribution in [0.3, 0.4) is 0 Å². The SMILES string of the molecule is COc1cc(F)c(C(Br)c2ccccc2OC)c(F)c1. The van der Waals surface area contributed by atoms with E-state index >= 15 is 0 Å². The summed E-state index contributed by atoms with van der Waals surface area (Å²) in [5, 5.41) is 0. The van der Waals surface area contributed by atoms with Gasteiger partial charge in [-0.25, -0.2) is 8.78 Å². The minimum atomic E-state index is -0.672. The van der Waals surface area contributed by atoms with Crippen molar-refractivity contribution in [1.82, 2.24) is 0 Å². The van der Waals surface area contributed by atoms with E-state index in [2.05, 4.69) is 15.9 Å². The first kappa shape index (κ1) is 14.8. The van der Waals surface area contributed by atoms with Crippen molar-refractivity contribution in [3.63, 3.8) is 0 Å². The second-order valence-electron chi connectivity index (χ2n) is 4.11. The van der Waals surface area contributed by atoms with E-state index in [-0.39, 0.29) is 11.3 Å². The highest BCUT2D eigenvalue weighted by molar-refractivity contribution is 9.09. The van der Waals surface area contributed by atoms with Gasteiger partial charge in [0.05, 0.1) is 19.0 Å². The Morgan fingerprint density at radius 2 is 1.60 bits per heavy atom. The molecule has 2 aromatic carbocycles. The number of benzene rings is 2. The number of hydrogen-bond donors (Lipinski definition) is 0. The van der Waals surface area contributed by atoms with Crippen molar-refractivity contribution in [3.8, 4) is 11.5 Å². The Hall–Kier alpha value is -1.62. The highest BCUT2D eigenvalue weighted by Gasteiger charge is 2.23. The van der Waals surface area contributed by atoms with Crippen molar-refractivity contribution in [2.24, 2.45) is 0 Å². The summed E-state index contributed by atoms with van der Waals surface area (Å²) in [6, 6.07) is 9.38. The molecule has 0 aromatic heterocycles. The van der Waals surface area contributed by atoms with Gasteiger partial charge in [-0.05, 0) is 6.07 Å². The summed E-state index contributed by atoms with van der Waals surface area (Å²) in [5.41, 5.74) is 0.577. The van der Waals surface area contributed by atoms with E-state index < -0.39 is 16.5 Å². The Morgan fingerprint density at radius 1 is 1.00 bits per heavy atom. The highest BCUT2D eigenvalue weighted by Crippen LogP contribution is 2.39. The maximum absolute atomic E-state index is 14.1. The molecule has 2 aromatic rings. The normalized spacial score (nSPS) is 12.1. The van der Waals surface area contributed by atoms with Gasteiger partial charge in [0.1, 0.15) is 23.1 Å². The van der Waals surface area contributed by atoms with Crippen LogP contribution < -0.4 is 9.47 Å². The van der Waals surface area contributed by atoms with Crippen LogP contribution in [0.4, 0.5) is 8.78 Å². The van der Waals surface area contributed by atoms with E-state index in [0.717, 1.165) is 12.1 Å². The molecule has 1 unspecified atom stereocenters. The van der Waals surface area contributed by atoms with Crippen molar-refractivity contribution >= 4 is 15.9 Å². The summed E-state index contributed by atoms with van der Waals surface area (Å²) in [6.07, 6.45) is 0. The molecule has 0 aliphatic heterocycles. The summed E-state index contributed by atoms with van der Waals surface area (Å²) >= 11 is 3.33. The topological polar surface area (TPSA) is 18.5 Å². The number of ether oxygens (including phenoxy) is 2. The molecule has 0 aliphatic rings. The van der Waals surface area contributed by atoms with E-state index in [1.54, 1.807) is 24.3 Å². The van der Waals surface area contributed by atoms with Gasteiger partial charge in [-0.2, -0.15) is 0 Å². The standard InChI is InChI=1S/C15H13BrF2O2/c1-19-9-7-11(17)14(12(18)8-9)15(16)10-5-3-4-6-13(10)20-2/h3-8,15H,1-2H3. The molecule has 5 heteroatoms. The maximum atomic E-state index is 14.1. The Labute approximate surface area is 124 Å². The van der Waals surface area contributed by atoms with Crippen molar-refractivity contribution in [3.05, 3.63) is 59.2 Å². The molecule has 0 heterocycles. The van der Waals surface area contributed by atoms with E-state index in [0.29, 0.717) is 11.3 Å². The number of para-hydroxylation sites is 1. The molecule has 0 saturated heterocycles. The first-order valence-electron chi connectivity index (χ1n) is 5.88. The van der Waals surface area contributed by atoms with E-state index in [9.17, 15) is 8.78 Å². The van der Waals surface area contributed by atoms with E-state index in [1.165, 1.54) is 14.2 Å². The molecule has 0 N–H and O–H groups in total. The Bertz CT molecular complexity index is 594. The molecule has 2 nitrogen and oxygen atoms in total. The first-order chi connectivity index (χ1) is 9.58. The molecule has 0 amide bonds. The molecule has 0 spiro atoms. The molecule has 2 rings (SSSR count). The largest absolute Gasteiger partial charge is 0.497 e. The van der Waals surface area contributed by atoms with Crippen LogP contribution in [0.5, 0.6) is 11.5 Å². The highest BCUT2D eigenvalue weighted by atomic mass is 79.9. The van der Waals surface area contributed by atoms with Crippen molar-refractivity contribution < 1.29 is 18.3 Å².